The standard InChI is InChI=1S/C26H32BrClN4O6/c1-38-21-11-15-19(29-13-30-26(15)31-14-5-6-17(27)18(28)9-14)10-16(21)23(35)22(32-7-3-2-4-8-32)25(37)24(36)20(34)12-33/h5-6,9-11,13,20,22-25,33-37H,2-4,7-8,12H2,1H3,(H,29,30,31)/t20-,22-,23?,24+,25+/m1/s1/i7D/t7?,20-,22-,23?,24+,25+. The van der Waals surface area contributed by atoms with Crippen molar-refractivity contribution in [2.24, 2.45) is 0 Å². The molecular formula is C26H32BrClN4O6. The van der Waals surface area contributed by atoms with Crippen molar-refractivity contribution in [1.82, 2.24) is 14.9 Å². The Hall–Kier alpha value is -2.09. The zero-order valence-electron chi connectivity index (χ0n) is 21.7. The first kappa shape index (κ1) is 27.5. The number of hydrogen-bond acceptors (Lipinski definition) is 10. The minimum absolute atomic E-state index is 0.272. The monoisotopic (exact) mass is 611 g/mol. The van der Waals surface area contributed by atoms with E-state index in [2.05, 4.69) is 31.2 Å². The molecule has 0 amide bonds. The van der Waals surface area contributed by atoms with Crippen LogP contribution in [-0.4, -0.2) is 91.5 Å². The van der Waals surface area contributed by atoms with Gasteiger partial charge < -0.3 is 35.6 Å². The second kappa shape index (κ2) is 12.8. The lowest BCUT2D eigenvalue weighted by Crippen LogP contribution is -2.56. The summed E-state index contributed by atoms with van der Waals surface area (Å²) in [6, 6.07) is 7.46. The first-order valence-electron chi connectivity index (χ1n) is 12.8. The Morgan fingerprint density at radius 1 is 1.13 bits per heavy atom. The van der Waals surface area contributed by atoms with E-state index in [0.29, 0.717) is 40.4 Å². The Morgan fingerprint density at radius 2 is 1.92 bits per heavy atom. The molecule has 1 aliphatic rings. The van der Waals surface area contributed by atoms with Gasteiger partial charge in [-0.25, -0.2) is 9.97 Å². The van der Waals surface area contributed by atoms with Gasteiger partial charge >= 0.3 is 0 Å². The van der Waals surface area contributed by atoms with Crippen molar-refractivity contribution in [2.45, 2.75) is 49.7 Å². The second-order valence-electron chi connectivity index (χ2n) is 9.17. The molecule has 10 nitrogen and oxygen atoms in total. The normalized spacial score (nSPS) is 20.8. The first-order valence-corrected chi connectivity index (χ1v) is 13.4. The molecule has 0 spiro atoms. The lowest BCUT2D eigenvalue weighted by molar-refractivity contribution is -0.127. The number of aliphatic hydroxyl groups excluding tert-OH is 5. The number of benzene rings is 2. The van der Waals surface area contributed by atoms with E-state index in [9.17, 15) is 25.5 Å². The third-order valence-corrected chi connectivity index (χ3v) is 7.94. The summed E-state index contributed by atoms with van der Waals surface area (Å²) in [5.41, 5.74) is 1.43. The van der Waals surface area contributed by atoms with Crippen LogP contribution >= 0.6 is 27.5 Å². The van der Waals surface area contributed by atoms with Gasteiger partial charge in [0, 0.05) is 22.5 Å². The summed E-state index contributed by atoms with van der Waals surface area (Å²) in [6.07, 6.45) is -3.07. The van der Waals surface area contributed by atoms with Gasteiger partial charge in [-0.05, 0) is 72.2 Å². The maximum absolute atomic E-state index is 11.7. The molecule has 1 aromatic heterocycles. The van der Waals surface area contributed by atoms with Gasteiger partial charge in [0.15, 0.2) is 0 Å². The van der Waals surface area contributed by atoms with Gasteiger partial charge in [0.2, 0.25) is 0 Å². The molecule has 38 heavy (non-hydrogen) atoms. The molecule has 2 aromatic carbocycles. The summed E-state index contributed by atoms with van der Waals surface area (Å²) in [7, 11) is 1.44. The van der Waals surface area contributed by atoms with Crippen LogP contribution in [0.5, 0.6) is 5.75 Å². The fraction of sp³-hybridized carbons (Fsp3) is 0.462. The van der Waals surface area contributed by atoms with Crippen LogP contribution in [0.3, 0.4) is 0 Å². The van der Waals surface area contributed by atoms with E-state index in [1.165, 1.54) is 13.4 Å². The molecule has 2 heterocycles. The van der Waals surface area contributed by atoms with Crippen molar-refractivity contribution in [1.29, 1.82) is 0 Å². The molecule has 0 bridgehead atoms. The number of aromatic nitrogens is 2. The number of aliphatic hydroxyl groups is 5. The molecule has 4 rings (SSSR count). The molecule has 0 saturated carbocycles. The number of likely N-dealkylation sites (tertiary alicyclic amines) is 1. The average molecular weight is 613 g/mol. The van der Waals surface area contributed by atoms with E-state index >= 15 is 0 Å². The number of fused-ring (bicyclic) bond motifs is 1. The lowest BCUT2D eigenvalue weighted by Gasteiger charge is -2.42. The van der Waals surface area contributed by atoms with Crippen LogP contribution < -0.4 is 10.1 Å². The Kier molecular flexibility index (Phi) is 9.29. The number of piperidine rings is 1. The maximum atomic E-state index is 11.7. The second-order valence-corrected chi connectivity index (χ2v) is 10.4. The molecule has 1 fully saturated rings. The van der Waals surface area contributed by atoms with E-state index in [-0.39, 0.29) is 11.3 Å². The van der Waals surface area contributed by atoms with Crippen LogP contribution in [0.1, 0.15) is 32.3 Å². The zero-order valence-corrected chi connectivity index (χ0v) is 23.0. The van der Waals surface area contributed by atoms with Crippen LogP contribution in [-0.2, 0) is 0 Å². The van der Waals surface area contributed by atoms with Gasteiger partial charge in [-0.2, -0.15) is 0 Å². The third kappa shape index (κ3) is 6.21. The summed E-state index contributed by atoms with van der Waals surface area (Å²) in [4.78, 5) is 10.3. The van der Waals surface area contributed by atoms with Gasteiger partial charge in [-0.3, -0.25) is 4.90 Å². The van der Waals surface area contributed by atoms with Crippen molar-refractivity contribution < 1.29 is 31.6 Å². The molecular weight excluding hydrogens is 580 g/mol. The van der Waals surface area contributed by atoms with Crippen molar-refractivity contribution in [3.63, 3.8) is 0 Å². The van der Waals surface area contributed by atoms with Crippen molar-refractivity contribution in [3.8, 4) is 5.75 Å². The lowest BCUT2D eigenvalue weighted by atomic mass is 9.89. The highest BCUT2D eigenvalue weighted by Gasteiger charge is 2.41. The van der Waals surface area contributed by atoms with Gasteiger partial charge in [0.05, 0.1) is 30.3 Å². The molecule has 1 saturated heterocycles. The fourth-order valence-corrected chi connectivity index (χ4v) is 5.09. The summed E-state index contributed by atoms with van der Waals surface area (Å²) in [6.45, 7) is -1.12. The molecule has 1 aliphatic heterocycles. The van der Waals surface area contributed by atoms with Gasteiger partial charge in [0.1, 0.15) is 42.3 Å². The van der Waals surface area contributed by atoms with E-state index in [1.54, 1.807) is 29.2 Å². The Labute approximate surface area is 235 Å². The maximum Gasteiger partial charge on any atom is 0.141 e. The Bertz CT molecular complexity index is 1290. The SMILES string of the molecule is [2H]C1CCCCN1[C@H](C(O)c1cc2ncnc(Nc3ccc(Br)c(Cl)c3)c2cc1OC)[C@H](O)[C@@H](O)[C@H](O)CO. The fourth-order valence-electron chi connectivity index (χ4n) is 4.66. The molecule has 0 radical (unpaired) electrons. The van der Waals surface area contributed by atoms with E-state index in [0.717, 1.165) is 17.3 Å². The highest BCUT2D eigenvalue weighted by atomic mass is 79.9. The summed E-state index contributed by atoms with van der Waals surface area (Å²) < 4.78 is 14.9. The largest absolute Gasteiger partial charge is 0.496 e. The number of rotatable bonds is 10. The third-order valence-electron chi connectivity index (χ3n) is 6.71. The predicted octanol–water partition coefficient (Wildman–Crippen LogP) is 2.76. The van der Waals surface area contributed by atoms with Crippen LogP contribution in [0.4, 0.5) is 11.5 Å². The minimum Gasteiger partial charge on any atom is -0.496 e. The molecule has 6 N–H and O–H groups in total. The van der Waals surface area contributed by atoms with Crippen molar-refractivity contribution >= 4 is 49.9 Å². The van der Waals surface area contributed by atoms with E-state index < -0.39 is 43.6 Å². The van der Waals surface area contributed by atoms with Crippen LogP contribution in [0.15, 0.2) is 41.1 Å². The van der Waals surface area contributed by atoms with Gasteiger partial charge in [-0.15, -0.1) is 0 Å². The average Bonchev–Trinajstić information content (AvgIpc) is 2.94. The highest BCUT2D eigenvalue weighted by molar-refractivity contribution is 9.10. The highest BCUT2D eigenvalue weighted by Crippen LogP contribution is 2.37. The first-order chi connectivity index (χ1) is 18.7. The van der Waals surface area contributed by atoms with Crippen molar-refractivity contribution in [2.75, 3.05) is 32.1 Å². The molecule has 3 aromatic rings. The number of hydrogen-bond donors (Lipinski definition) is 6. The van der Waals surface area contributed by atoms with E-state index in [1.807, 2.05) is 6.07 Å². The van der Waals surface area contributed by atoms with Gasteiger partial charge in [0.25, 0.3) is 0 Å². The Balaban J connectivity index is 1.75. The van der Waals surface area contributed by atoms with Crippen LogP contribution in [0.25, 0.3) is 10.9 Å². The van der Waals surface area contributed by atoms with Crippen molar-refractivity contribution in [3.05, 3.63) is 51.7 Å². The molecule has 12 heteroatoms. The van der Waals surface area contributed by atoms with Crippen LogP contribution in [0.2, 0.25) is 5.02 Å². The van der Waals surface area contributed by atoms with Crippen LogP contribution in [0, 0.1) is 0 Å². The molecule has 206 valence electrons. The summed E-state index contributed by atoms with van der Waals surface area (Å²) in [5, 5.41) is 57.0. The summed E-state index contributed by atoms with van der Waals surface area (Å²) >= 11 is 9.60. The van der Waals surface area contributed by atoms with E-state index in [4.69, 9.17) is 17.7 Å². The minimum atomic E-state index is -1.76. The number of halogens is 2. The quantitative estimate of drug-likeness (QED) is 0.202. The number of methoxy groups -OCH3 is 1. The molecule has 0 aliphatic carbocycles. The molecule has 6 atom stereocenters. The topological polar surface area (TPSA) is 151 Å². The van der Waals surface area contributed by atoms with Gasteiger partial charge in [-0.1, -0.05) is 18.0 Å². The molecule has 2 unspecified atom stereocenters. The smallest absolute Gasteiger partial charge is 0.141 e. The summed E-state index contributed by atoms with van der Waals surface area (Å²) in [5.74, 6) is 0.743. The predicted molar refractivity (Wildman–Crippen MR) is 148 cm³/mol. The zero-order chi connectivity index (χ0) is 28.3. The number of nitrogens with one attached hydrogen (secondary N) is 1. The number of ether oxygens (including phenoxy) is 1. The Morgan fingerprint density at radius 3 is 2.61 bits per heavy atom. The number of anilines is 2. The number of nitrogens with zero attached hydrogens (tertiary/aromatic N) is 3.